The molecule has 0 aromatic heterocycles. The van der Waals surface area contributed by atoms with Crippen molar-refractivity contribution in [1.82, 2.24) is 0 Å². The standard InChI is InChI=1S/C14H16F3NO3/c1-8(14(15,16)17)12(13(19)20)9-3-4-11-10(7-9)18(2)5-6-21-11/h3-4,7-8,12H,5-6H2,1-2H3,(H,19,20)/t8-,12?/m1/s1. The van der Waals surface area contributed by atoms with Gasteiger partial charge in [-0.15, -0.1) is 0 Å². The Balaban J connectivity index is 2.42. The summed E-state index contributed by atoms with van der Waals surface area (Å²) in [7, 11) is 1.79. The summed E-state index contributed by atoms with van der Waals surface area (Å²) in [5.41, 5.74) is 0.739. The van der Waals surface area contributed by atoms with Crippen LogP contribution in [0, 0.1) is 5.92 Å². The molecule has 1 aliphatic rings. The average molecular weight is 303 g/mol. The predicted molar refractivity (Wildman–Crippen MR) is 70.8 cm³/mol. The van der Waals surface area contributed by atoms with Crippen molar-refractivity contribution in [3.63, 3.8) is 0 Å². The van der Waals surface area contributed by atoms with E-state index < -0.39 is 24.0 Å². The Morgan fingerprint density at radius 3 is 2.67 bits per heavy atom. The first-order chi connectivity index (χ1) is 9.71. The van der Waals surface area contributed by atoms with Gasteiger partial charge in [0.25, 0.3) is 0 Å². The van der Waals surface area contributed by atoms with E-state index >= 15 is 0 Å². The van der Waals surface area contributed by atoms with Crippen LogP contribution in [-0.4, -0.2) is 37.5 Å². The van der Waals surface area contributed by atoms with Crippen LogP contribution in [0.3, 0.4) is 0 Å². The lowest BCUT2D eigenvalue weighted by Crippen LogP contribution is -2.32. The summed E-state index contributed by atoms with van der Waals surface area (Å²) in [6.07, 6.45) is -4.57. The molecular formula is C14H16F3NO3. The van der Waals surface area contributed by atoms with E-state index in [4.69, 9.17) is 4.74 Å². The number of alkyl halides is 3. The van der Waals surface area contributed by atoms with Gasteiger partial charge in [-0.1, -0.05) is 13.0 Å². The number of halogens is 3. The van der Waals surface area contributed by atoms with Crippen LogP contribution in [0.5, 0.6) is 5.75 Å². The van der Waals surface area contributed by atoms with Crippen molar-refractivity contribution < 1.29 is 27.8 Å². The van der Waals surface area contributed by atoms with E-state index in [1.807, 2.05) is 4.90 Å². The van der Waals surface area contributed by atoms with Crippen LogP contribution in [0.4, 0.5) is 18.9 Å². The van der Waals surface area contributed by atoms with Crippen LogP contribution in [0.25, 0.3) is 0 Å². The number of likely N-dealkylation sites (N-methyl/N-ethyl adjacent to an activating group) is 1. The Labute approximate surface area is 120 Å². The maximum atomic E-state index is 12.9. The highest BCUT2D eigenvalue weighted by atomic mass is 19.4. The molecule has 1 heterocycles. The number of aliphatic carboxylic acids is 1. The smallest absolute Gasteiger partial charge is 0.392 e. The fourth-order valence-electron chi connectivity index (χ4n) is 2.40. The van der Waals surface area contributed by atoms with E-state index in [0.29, 0.717) is 24.6 Å². The van der Waals surface area contributed by atoms with Gasteiger partial charge in [0.1, 0.15) is 12.4 Å². The van der Waals surface area contributed by atoms with Gasteiger partial charge in [-0.2, -0.15) is 13.2 Å². The lowest BCUT2D eigenvalue weighted by molar-refractivity contribution is -0.183. The van der Waals surface area contributed by atoms with Crippen LogP contribution < -0.4 is 9.64 Å². The summed E-state index contributed by atoms with van der Waals surface area (Å²) < 4.78 is 44.0. The Morgan fingerprint density at radius 2 is 2.10 bits per heavy atom. The van der Waals surface area contributed by atoms with E-state index in [1.165, 1.54) is 18.2 Å². The van der Waals surface area contributed by atoms with Crippen molar-refractivity contribution in [2.75, 3.05) is 25.1 Å². The first kappa shape index (κ1) is 15.5. The van der Waals surface area contributed by atoms with Crippen molar-refractivity contribution in [2.24, 2.45) is 5.92 Å². The molecule has 4 nitrogen and oxygen atoms in total. The Hall–Kier alpha value is -1.92. The van der Waals surface area contributed by atoms with Gasteiger partial charge in [0, 0.05) is 7.05 Å². The highest BCUT2D eigenvalue weighted by molar-refractivity contribution is 5.78. The zero-order valence-electron chi connectivity index (χ0n) is 11.6. The number of anilines is 1. The highest BCUT2D eigenvalue weighted by Crippen LogP contribution is 2.40. The number of carbonyl (C=O) groups is 1. The van der Waals surface area contributed by atoms with Crippen molar-refractivity contribution in [1.29, 1.82) is 0 Å². The molecule has 0 fully saturated rings. The maximum Gasteiger partial charge on any atom is 0.392 e. The molecule has 2 atom stereocenters. The van der Waals surface area contributed by atoms with E-state index in [2.05, 4.69) is 0 Å². The quantitative estimate of drug-likeness (QED) is 0.933. The minimum absolute atomic E-state index is 0.128. The molecule has 0 spiro atoms. The number of nitrogens with zero attached hydrogens (tertiary/aromatic N) is 1. The van der Waals surface area contributed by atoms with Gasteiger partial charge >= 0.3 is 12.1 Å². The molecule has 2 rings (SSSR count). The van der Waals surface area contributed by atoms with E-state index in [1.54, 1.807) is 7.05 Å². The normalized spacial score (nSPS) is 17.7. The third-order valence-electron chi connectivity index (χ3n) is 3.72. The molecule has 0 saturated heterocycles. The van der Waals surface area contributed by atoms with Gasteiger partial charge in [-0.3, -0.25) is 4.79 Å². The number of carboxylic acid groups (broad SMARTS) is 1. The SMILES string of the molecule is C[C@H](C(C(=O)O)c1ccc2c(c1)N(C)CCO2)C(F)(F)F. The molecule has 1 aromatic carbocycles. The minimum Gasteiger partial charge on any atom is -0.490 e. The number of rotatable bonds is 3. The monoisotopic (exact) mass is 303 g/mol. The molecule has 0 aliphatic carbocycles. The summed E-state index contributed by atoms with van der Waals surface area (Å²) in [6, 6.07) is 4.38. The van der Waals surface area contributed by atoms with Gasteiger partial charge in [0.15, 0.2) is 0 Å². The van der Waals surface area contributed by atoms with Gasteiger partial charge in [-0.05, 0) is 17.7 Å². The van der Waals surface area contributed by atoms with Gasteiger partial charge in [-0.25, -0.2) is 0 Å². The Morgan fingerprint density at radius 1 is 1.43 bits per heavy atom. The van der Waals surface area contributed by atoms with Gasteiger partial charge < -0.3 is 14.7 Å². The predicted octanol–water partition coefficient (Wildman–Crippen LogP) is 2.88. The second-order valence-electron chi connectivity index (χ2n) is 5.14. The Kier molecular flexibility index (Phi) is 4.02. The van der Waals surface area contributed by atoms with Crippen LogP contribution in [0.1, 0.15) is 18.4 Å². The number of fused-ring (bicyclic) bond motifs is 1. The largest absolute Gasteiger partial charge is 0.490 e. The summed E-state index contributed by atoms with van der Waals surface area (Å²) in [6.45, 7) is 1.98. The minimum atomic E-state index is -4.57. The molecule has 0 saturated carbocycles. The zero-order valence-corrected chi connectivity index (χ0v) is 11.6. The van der Waals surface area contributed by atoms with E-state index in [-0.39, 0.29) is 5.56 Å². The molecule has 21 heavy (non-hydrogen) atoms. The lowest BCUT2D eigenvalue weighted by atomic mass is 9.86. The van der Waals surface area contributed by atoms with Crippen molar-refractivity contribution in [3.8, 4) is 5.75 Å². The molecule has 1 unspecified atom stereocenters. The molecule has 116 valence electrons. The van der Waals surface area contributed by atoms with Crippen LogP contribution in [-0.2, 0) is 4.79 Å². The number of carboxylic acids is 1. The molecule has 0 bridgehead atoms. The van der Waals surface area contributed by atoms with E-state index in [9.17, 15) is 23.1 Å². The number of benzene rings is 1. The van der Waals surface area contributed by atoms with Crippen LogP contribution in [0.15, 0.2) is 18.2 Å². The van der Waals surface area contributed by atoms with Crippen molar-refractivity contribution >= 4 is 11.7 Å². The maximum absolute atomic E-state index is 12.9. The molecule has 1 N–H and O–H groups in total. The summed E-state index contributed by atoms with van der Waals surface area (Å²) in [4.78, 5) is 13.1. The summed E-state index contributed by atoms with van der Waals surface area (Å²) in [5.74, 6) is -4.54. The molecular weight excluding hydrogens is 287 g/mol. The second kappa shape index (κ2) is 5.46. The van der Waals surface area contributed by atoms with Crippen LogP contribution >= 0.6 is 0 Å². The molecule has 1 aliphatic heterocycles. The second-order valence-corrected chi connectivity index (χ2v) is 5.14. The fraction of sp³-hybridized carbons (Fsp3) is 0.500. The van der Waals surface area contributed by atoms with Gasteiger partial charge in [0.2, 0.25) is 0 Å². The first-order valence-electron chi connectivity index (χ1n) is 6.49. The first-order valence-corrected chi connectivity index (χ1v) is 6.49. The summed E-state index contributed by atoms with van der Waals surface area (Å²) >= 11 is 0. The molecule has 0 amide bonds. The van der Waals surface area contributed by atoms with E-state index in [0.717, 1.165) is 6.92 Å². The van der Waals surface area contributed by atoms with Crippen LogP contribution in [0.2, 0.25) is 0 Å². The lowest BCUT2D eigenvalue weighted by Gasteiger charge is -2.29. The zero-order chi connectivity index (χ0) is 15.8. The number of hydrogen-bond acceptors (Lipinski definition) is 3. The topological polar surface area (TPSA) is 49.8 Å². The van der Waals surface area contributed by atoms with Crippen molar-refractivity contribution in [3.05, 3.63) is 23.8 Å². The van der Waals surface area contributed by atoms with Gasteiger partial charge in [0.05, 0.1) is 24.1 Å². The highest BCUT2D eigenvalue weighted by Gasteiger charge is 2.45. The number of ether oxygens (including phenoxy) is 1. The molecule has 7 heteroatoms. The Bertz CT molecular complexity index is 545. The third-order valence-corrected chi connectivity index (χ3v) is 3.72. The fourth-order valence-corrected chi connectivity index (χ4v) is 2.40. The molecule has 1 aromatic rings. The summed E-state index contributed by atoms with van der Waals surface area (Å²) in [5, 5.41) is 9.19. The third kappa shape index (κ3) is 3.06. The molecule has 0 radical (unpaired) electrons. The average Bonchev–Trinajstić information content (AvgIpc) is 2.38. The van der Waals surface area contributed by atoms with Crippen molar-refractivity contribution in [2.45, 2.75) is 19.0 Å². The number of hydrogen-bond donors (Lipinski definition) is 1.